The van der Waals surface area contributed by atoms with Gasteiger partial charge in [0.2, 0.25) is 0 Å². The molecule has 1 rings (SSSR count). The maximum absolute atomic E-state index is 6.01. The zero-order valence-corrected chi connectivity index (χ0v) is 12.9. The molecule has 1 aromatic carbocycles. The molecule has 0 aliphatic heterocycles. The van der Waals surface area contributed by atoms with Crippen molar-refractivity contribution in [2.24, 2.45) is 0 Å². The highest BCUT2D eigenvalue weighted by Gasteiger charge is 2.12. The Balaban J connectivity index is 2.57. The highest BCUT2D eigenvalue weighted by atomic mass is 16.5. The van der Waals surface area contributed by atoms with E-state index in [1.165, 1.54) is 5.56 Å². The second-order valence-electron chi connectivity index (χ2n) is 5.59. The van der Waals surface area contributed by atoms with Gasteiger partial charge in [0.05, 0.1) is 7.11 Å². The topological polar surface area (TPSA) is 38.5 Å². The van der Waals surface area contributed by atoms with Gasteiger partial charge in [0.15, 0.2) is 0 Å². The van der Waals surface area contributed by atoms with Gasteiger partial charge in [0, 0.05) is 17.8 Å². The normalized spacial score (nSPS) is 11.6. The lowest BCUT2D eigenvalue weighted by molar-refractivity contribution is 0.173. The predicted octanol–water partition coefficient (Wildman–Crippen LogP) is 3.33. The van der Waals surface area contributed by atoms with Gasteiger partial charge in [0.25, 0.3) is 0 Å². The van der Waals surface area contributed by atoms with E-state index in [0.717, 1.165) is 30.8 Å². The minimum absolute atomic E-state index is 0.586. The minimum Gasteiger partial charge on any atom is -0.497 e. The summed E-state index contributed by atoms with van der Waals surface area (Å²) in [4.78, 5) is 2.51. The van der Waals surface area contributed by atoms with Crippen LogP contribution in [0, 0.1) is 0 Å². The van der Waals surface area contributed by atoms with E-state index in [0.29, 0.717) is 12.1 Å². The molecule has 0 bridgehead atoms. The largest absolute Gasteiger partial charge is 0.497 e. The summed E-state index contributed by atoms with van der Waals surface area (Å²) in [6.07, 6.45) is 2.12. The standard InChI is InChI=1S/C16H28N2O/c1-12(2)18(13(3)4)10-6-7-14-11-15(19-5)8-9-16(14)17/h8-9,11-13H,6-7,10,17H2,1-5H3. The van der Waals surface area contributed by atoms with Crippen LogP contribution >= 0.6 is 0 Å². The highest BCUT2D eigenvalue weighted by molar-refractivity contribution is 5.50. The molecule has 0 unspecified atom stereocenters. The number of nitrogens with two attached hydrogens (primary N) is 1. The van der Waals surface area contributed by atoms with Gasteiger partial charge in [-0.2, -0.15) is 0 Å². The molecule has 3 heteroatoms. The first-order chi connectivity index (χ1) is 8.95. The summed E-state index contributed by atoms with van der Waals surface area (Å²) in [5.41, 5.74) is 8.06. The molecule has 0 aromatic heterocycles. The van der Waals surface area contributed by atoms with E-state index < -0.39 is 0 Å². The molecule has 0 saturated carbocycles. The molecule has 0 heterocycles. The summed E-state index contributed by atoms with van der Waals surface area (Å²) in [7, 11) is 1.69. The Morgan fingerprint density at radius 2 is 1.79 bits per heavy atom. The molecule has 3 nitrogen and oxygen atoms in total. The molecular formula is C16H28N2O. The SMILES string of the molecule is COc1ccc(N)c(CCCN(C(C)C)C(C)C)c1. The van der Waals surface area contributed by atoms with Crippen molar-refractivity contribution in [3.8, 4) is 5.75 Å². The lowest BCUT2D eigenvalue weighted by Gasteiger charge is -2.30. The predicted molar refractivity (Wildman–Crippen MR) is 82.7 cm³/mol. The fourth-order valence-corrected chi connectivity index (χ4v) is 2.49. The van der Waals surface area contributed by atoms with Gasteiger partial charge in [-0.15, -0.1) is 0 Å². The number of anilines is 1. The van der Waals surface area contributed by atoms with Crippen molar-refractivity contribution in [2.75, 3.05) is 19.4 Å². The zero-order chi connectivity index (χ0) is 14.4. The molecule has 0 saturated heterocycles. The number of hydrogen-bond acceptors (Lipinski definition) is 3. The van der Waals surface area contributed by atoms with Gasteiger partial charge in [-0.25, -0.2) is 0 Å². The third kappa shape index (κ3) is 4.75. The average molecular weight is 264 g/mol. The molecule has 0 aliphatic rings. The van der Waals surface area contributed by atoms with Crippen LogP contribution in [-0.2, 0) is 6.42 Å². The van der Waals surface area contributed by atoms with E-state index in [9.17, 15) is 0 Å². The third-order valence-electron chi connectivity index (χ3n) is 3.54. The molecule has 19 heavy (non-hydrogen) atoms. The Labute approximate surface area is 117 Å². The van der Waals surface area contributed by atoms with E-state index >= 15 is 0 Å². The summed E-state index contributed by atoms with van der Waals surface area (Å²) in [5, 5.41) is 0. The van der Waals surface area contributed by atoms with Crippen molar-refractivity contribution in [1.29, 1.82) is 0 Å². The molecule has 0 atom stereocenters. The van der Waals surface area contributed by atoms with Crippen molar-refractivity contribution in [1.82, 2.24) is 4.90 Å². The van der Waals surface area contributed by atoms with Crippen molar-refractivity contribution in [3.63, 3.8) is 0 Å². The van der Waals surface area contributed by atoms with Crippen LogP contribution in [-0.4, -0.2) is 30.6 Å². The van der Waals surface area contributed by atoms with Crippen molar-refractivity contribution in [3.05, 3.63) is 23.8 Å². The first-order valence-corrected chi connectivity index (χ1v) is 7.13. The number of hydrogen-bond donors (Lipinski definition) is 1. The summed E-state index contributed by atoms with van der Waals surface area (Å²) in [5.74, 6) is 0.883. The Bertz CT molecular complexity index is 380. The van der Waals surface area contributed by atoms with Gasteiger partial charge < -0.3 is 10.5 Å². The van der Waals surface area contributed by atoms with Crippen molar-refractivity contribution in [2.45, 2.75) is 52.6 Å². The third-order valence-corrected chi connectivity index (χ3v) is 3.54. The molecule has 1 aromatic rings. The zero-order valence-electron chi connectivity index (χ0n) is 12.9. The Kier molecular flexibility index (Phi) is 6.16. The van der Waals surface area contributed by atoms with E-state index in [2.05, 4.69) is 32.6 Å². The Hall–Kier alpha value is -1.22. The lowest BCUT2D eigenvalue weighted by atomic mass is 10.1. The number of aryl methyl sites for hydroxylation is 1. The first-order valence-electron chi connectivity index (χ1n) is 7.13. The van der Waals surface area contributed by atoms with Gasteiger partial charge in [0.1, 0.15) is 5.75 Å². The number of nitrogen functional groups attached to an aromatic ring is 1. The quantitative estimate of drug-likeness (QED) is 0.768. The molecular weight excluding hydrogens is 236 g/mol. The first kappa shape index (κ1) is 15.8. The van der Waals surface area contributed by atoms with Gasteiger partial charge in [-0.3, -0.25) is 4.90 Å². The van der Waals surface area contributed by atoms with Crippen LogP contribution in [0.1, 0.15) is 39.7 Å². The van der Waals surface area contributed by atoms with E-state index in [1.54, 1.807) is 7.11 Å². The van der Waals surface area contributed by atoms with Crippen LogP contribution in [0.3, 0.4) is 0 Å². The maximum Gasteiger partial charge on any atom is 0.119 e. The van der Waals surface area contributed by atoms with Crippen LogP contribution in [0.2, 0.25) is 0 Å². The van der Waals surface area contributed by atoms with Crippen molar-refractivity contribution < 1.29 is 4.74 Å². The summed E-state index contributed by atoms with van der Waals surface area (Å²) < 4.78 is 5.25. The van der Waals surface area contributed by atoms with E-state index in [4.69, 9.17) is 10.5 Å². The van der Waals surface area contributed by atoms with E-state index in [1.807, 2.05) is 18.2 Å². The highest BCUT2D eigenvalue weighted by Crippen LogP contribution is 2.21. The Morgan fingerprint density at radius 3 is 2.32 bits per heavy atom. The molecule has 0 spiro atoms. The van der Waals surface area contributed by atoms with E-state index in [-0.39, 0.29) is 0 Å². The van der Waals surface area contributed by atoms with Crippen LogP contribution in [0.4, 0.5) is 5.69 Å². The van der Waals surface area contributed by atoms with Gasteiger partial charge in [-0.05, 0) is 70.8 Å². The average Bonchev–Trinajstić information content (AvgIpc) is 2.35. The second kappa shape index (κ2) is 7.39. The van der Waals surface area contributed by atoms with Gasteiger partial charge in [-0.1, -0.05) is 0 Å². The molecule has 108 valence electrons. The molecule has 0 amide bonds. The lowest BCUT2D eigenvalue weighted by Crippen LogP contribution is -2.37. The van der Waals surface area contributed by atoms with Gasteiger partial charge >= 0.3 is 0 Å². The fourth-order valence-electron chi connectivity index (χ4n) is 2.49. The van der Waals surface area contributed by atoms with Crippen LogP contribution in [0.25, 0.3) is 0 Å². The summed E-state index contributed by atoms with van der Waals surface area (Å²) >= 11 is 0. The number of benzene rings is 1. The molecule has 0 radical (unpaired) electrons. The number of ether oxygens (including phenoxy) is 1. The number of rotatable bonds is 7. The molecule has 2 N–H and O–H groups in total. The van der Waals surface area contributed by atoms with Crippen molar-refractivity contribution >= 4 is 5.69 Å². The van der Waals surface area contributed by atoms with Crippen LogP contribution < -0.4 is 10.5 Å². The molecule has 0 aliphatic carbocycles. The minimum atomic E-state index is 0.586. The fraction of sp³-hybridized carbons (Fsp3) is 0.625. The second-order valence-corrected chi connectivity index (χ2v) is 5.59. The summed E-state index contributed by atoms with van der Waals surface area (Å²) in [6, 6.07) is 7.06. The summed E-state index contributed by atoms with van der Waals surface area (Å²) in [6.45, 7) is 10.1. The van der Waals surface area contributed by atoms with Crippen LogP contribution in [0.5, 0.6) is 5.75 Å². The number of methoxy groups -OCH3 is 1. The number of nitrogens with zero attached hydrogens (tertiary/aromatic N) is 1. The van der Waals surface area contributed by atoms with Crippen LogP contribution in [0.15, 0.2) is 18.2 Å². The smallest absolute Gasteiger partial charge is 0.119 e. The monoisotopic (exact) mass is 264 g/mol. The maximum atomic E-state index is 6.01. The Morgan fingerprint density at radius 1 is 1.16 bits per heavy atom. The molecule has 0 fully saturated rings.